The van der Waals surface area contributed by atoms with Gasteiger partial charge in [-0.2, -0.15) is 0 Å². The number of carbonyl (C=O) groups is 2. The van der Waals surface area contributed by atoms with Gasteiger partial charge in [-0.25, -0.2) is 0 Å². The number of rotatable bonds is 3. The molecule has 2 amide bonds. The summed E-state index contributed by atoms with van der Waals surface area (Å²) in [5.41, 5.74) is 0.874. The van der Waals surface area contributed by atoms with Crippen molar-refractivity contribution in [2.75, 3.05) is 26.3 Å². The first-order valence-electron chi connectivity index (χ1n) is 9.37. The first-order chi connectivity index (χ1) is 12.1. The third-order valence-electron chi connectivity index (χ3n) is 6.00. The zero-order valence-electron chi connectivity index (χ0n) is 14.8. The summed E-state index contributed by atoms with van der Waals surface area (Å²) < 4.78 is 10.8. The van der Waals surface area contributed by atoms with Gasteiger partial charge in [0.15, 0.2) is 5.76 Å². The lowest BCUT2D eigenvalue weighted by molar-refractivity contribution is -0.138. The molecule has 0 unspecified atom stereocenters. The summed E-state index contributed by atoms with van der Waals surface area (Å²) in [6, 6.07) is 2.10. The van der Waals surface area contributed by atoms with Gasteiger partial charge in [-0.3, -0.25) is 9.59 Å². The molecule has 3 aliphatic rings. The second-order valence-electron chi connectivity index (χ2n) is 7.50. The average Bonchev–Trinajstić information content (AvgIpc) is 3.24. The Bertz CT molecular complexity index is 650. The van der Waals surface area contributed by atoms with Crippen LogP contribution in [-0.2, 0) is 9.53 Å². The molecule has 3 fully saturated rings. The largest absolute Gasteiger partial charge is 0.459 e. The molecule has 136 valence electrons. The highest BCUT2D eigenvalue weighted by Gasteiger charge is 2.46. The molecule has 3 aliphatic heterocycles. The zero-order chi connectivity index (χ0) is 17.4. The van der Waals surface area contributed by atoms with Crippen LogP contribution in [0.15, 0.2) is 16.7 Å². The van der Waals surface area contributed by atoms with Crippen molar-refractivity contribution in [3.8, 4) is 0 Å². The molecule has 1 aromatic heterocycles. The molecular weight excluding hydrogens is 320 g/mol. The number of hydrogen-bond acceptors (Lipinski definition) is 4. The van der Waals surface area contributed by atoms with Crippen LogP contribution in [0.2, 0.25) is 0 Å². The molecule has 0 aliphatic carbocycles. The summed E-state index contributed by atoms with van der Waals surface area (Å²) in [5.74, 6) is 1.17. The van der Waals surface area contributed by atoms with Gasteiger partial charge in [-0.1, -0.05) is 0 Å². The summed E-state index contributed by atoms with van der Waals surface area (Å²) in [6.07, 6.45) is 5.78. The predicted octanol–water partition coefficient (Wildman–Crippen LogP) is 2.22. The highest BCUT2D eigenvalue weighted by Crippen LogP contribution is 2.34. The minimum Gasteiger partial charge on any atom is -0.459 e. The van der Waals surface area contributed by atoms with Crippen LogP contribution in [0.3, 0.4) is 0 Å². The topological polar surface area (TPSA) is 63.0 Å². The molecule has 6 nitrogen and oxygen atoms in total. The molecule has 3 saturated heterocycles. The second kappa shape index (κ2) is 6.83. The molecule has 25 heavy (non-hydrogen) atoms. The molecule has 0 spiro atoms. The fraction of sp³-hybridized carbons (Fsp3) is 0.684. The van der Waals surface area contributed by atoms with Crippen molar-refractivity contribution < 1.29 is 18.7 Å². The molecule has 6 heteroatoms. The van der Waals surface area contributed by atoms with Crippen molar-refractivity contribution in [3.05, 3.63) is 23.7 Å². The Morgan fingerprint density at radius 2 is 2.00 bits per heavy atom. The van der Waals surface area contributed by atoms with Gasteiger partial charge in [0.05, 0.1) is 18.3 Å². The zero-order valence-corrected chi connectivity index (χ0v) is 14.8. The second-order valence-corrected chi connectivity index (χ2v) is 7.50. The summed E-state index contributed by atoms with van der Waals surface area (Å²) in [5, 5.41) is 0. The Labute approximate surface area is 148 Å². The van der Waals surface area contributed by atoms with E-state index in [9.17, 15) is 9.59 Å². The lowest BCUT2D eigenvalue weighted by atomic mass is 9.92. The van der Waals surface area contributed by atoms with Crippen molar-refractivity contribution in [1.82, 2.24) is 9.80 Å². The number of aryl methyl sites for hydroxylation is 1. The maximum absolute atomic E-state index is 12.9. The van der Waals surface area contributed by atoms with Gasteiger partial charge in [0.2, 0.25) is 5.91 Å². The molecule has 1 aromatic rings. The van der Waals surface area contributed by atoms with Crippen LogP contribution in [0.5, 0.6) is 0 Å². The number of hydrogen-bond donors (Lipinski definition) is 0. The number of furan rings is 1. The summed E-state index contributed by atoms with van der Waals surface area (Å²) in [6.45, 7) is 5.00. The first kappa shape index (κ1) is 16.6. The van der Waals surface area contributed by atoms with Gasteiger partial charge < -0.3 is 19.0 Å². The Morgan fingerprint density at radius 1 is 1.20 bits per heavy atom. The highest BCUT2D eigenvalue weighted by atomic mass is 16.5. The molecule has 4 rings (SSSR count). The third kappa shape index (κ3) is 3.08. The van der Waals surface area contributed by atoms with Crippen LogP contribution >= 0.6 is 0 Å². The Balaban J connectivity index is 1.48. The maximum atomic E-state index is 12.9. The normalized spacial score (nSPS) is 27.6. The minimum atomic E-state index is -0.0321. The van der Waals surface area contributed by atoms with Crippen LogP contribution in [0.1, 0.15) is 48.2 Å². The predicted molar refractivity (Wildman–Crippen MR) is 91.2 cm³/mol. The highest BCUT2D eigenvalue weighted by molar-refractivity contribution is 5.93. The number of likely N-dealkylation sites (tertiary alicyclic amines) is 2. The monoisotopic (exact) mass is 346 g/mol. The van der Waals surface area contributed by atoms with Gasteiger partial charge in [-0.05, 0) is 44.6 Å². The van der Waals surface area contributed by atoms with E-state index in [1.165, 1.54) is 0 Å². The summed E-state index contributed by atoms with van der Waals surface area (Å²) >= 11 is 0. The van der Waals surface area contributed by atoms with Crippen LogP contribution in [-0.4, -0.2) is 60.0 Å². The van der Waals surface area contributed by atoms with E-state index < -0.39 is 0 Å². The van der Waals surface area contributed by atoms with Gasteiger partial charge in [0.1, 0.15) is 0 Å². The van der Waals surface area contributed by atoms with Gasteiger partial charge in [0, 0.05) is 38.3 Å². The lowest BCUT2D eigenvalue weighted by Gasteiger charge is -2.41. The van der Waals surface area contributed by atoms with Crippen molar-refractivity contribution in [3.63, 3.8) is 0 Å². The number of piperidine rings is 1. The summed E-state index contributed by atoms with van der Waals surface area (Å²) in [4.78, 5) is 29.4. The minimum absolute atomic E-state index is 0.0321. The number of carbonyl (C=O) groups excluding carboxylic acids is 2. The van der Waals surface area contributed by atoms with Crippen LogP contribution in [0, 0.1) is 12.8 Å². The van der Waals surface area contributed by atoms with Crippen molar-refractivity contribution in [2.24, 2.45) is 5.92 Å². The molecule has 4 heterocycles. The number of fused-ring (bicyclic) bond motifs is 1. The average molecular weight is 346 g/mol. The molecule has 0 aromatic carbocycles. The van der Waals surface area contributed by atoms with Gasteiger partial charge in [0.25, 0.3) is 5.91 Å². The number of amides is 2. The molecular formula is C19H26N2O4. The standard InChI is InChI=1S/C19H26N2O4/c1-13-5-11-25-18(13)19(23)20-8-4-16-15(20)2-3-17(22)21(16)12-14-6-9-24-10-7-14/h5,11,14-16H,2-4,6-10,12H2,1H3/t15-,16-/m0/s1. The van der Waals surface area contributed by atoms with E-state index >= 15 is 0 Å². The fourth-order valence-corrected chi connectivity index (χ4v) is 4.57. The first-order valence-corrected chi connectivity index (χ1v) is 9.37. The van der Waals surface area contributed by atoms with E-state index in [0.717, 1.165) is 51.0 Å². The van der Waals surface area contributed by atoms with Crippen LogP contribution in [0.4, 0.5) is 0 Å². The quantitative estimate of drug-likeness (QED) is 0.842. The van der Waals surface area contributed by atoms with E-state index in [1.54, 1.807) is 6.26 Å². The van der Waals surface area contributed by atoms with Gasteiger partial charge >= 0.3 is 0 Å². The van der Waals surface area contributed by atoms with E-state index in [-0.39, 0.29) is 23.9 Å². The van der Waals surface area contributed by atoms with Crippen molar-refractivity contribution in [2.45, 2.75) is 51.1 Å². The smallest absolute Gasteiger partial charge is 0.290 e. The Morgan fingerprint density at radius 3 is 2.72 bits per heavy atom. The number of ether oxygens (including phenoxy) is 1. The van der Waals surface area contributed by atoms with Crippen molar-refractivity contribution in [1.29, 1.82) is 0 Å². The lowest BCUT2D eigenvalue weighted by Crippen LogP contribution is -2.54. The number of nitrogens with zero attached hydrogens (tertiary/aromatic N) is 2. The van der Waals surface area contributed by atoms with Crippen LogP contribution < -0.4 is 0 Å². The molecule has 2 atom stereocenters. The third-order valence-corrected chi connectivity index (χ3v) is 6.00. The van der Waals surface area contributed by atoms with Crippen molar-refractivity contribution >= 4 is 11.8 Å². The van der Waals surface area contributed by atoms with E-state index in [0.29, 0.717) is 24.6 Å². The fourth-order valence-electron chi connectivity index (χ4n) is 4.57. The molecule has 0 bridgehead atoms. The molecule has 0 saturated carbocycles. The van der Waals surface area contributed by atoms with Crippen LogP contribution in [0.25, 0.3) is 0 Å². The molecule has 0 radical (unpaired) electrons. The Kier molecular flexibility index (Phi) is 4.54. The van der Waals surface area contributed by atoms with E-state index in [4.69, 9.17) is 9.15 Å². The van der Waals surface area contributed by atoms with Gasteiger partial charge in [-0.15, -0.1) is 0 Å². The van der Waals surface area contributed by atoms with E-state index in [2.05, 4.69) is 4.90 Å². The molecule has 0 N–H and O–H groups in total. The Hall–Kier alpha value is -1.82. The van der Waals surface area contributed by atoms with E-state index in [1.807, 2.05) is 17.9 Å². The maximum Gasteiger partial charge on any atom is 0.290 e. The SMILES string of the molecule is Cc1ccoc1C(=O)N1CC[C@H]2[C@@H]1CCC(=O)N2CC1CCOCC1. The summed E-state index contributed by atoms with van der Waals surface area (Å²) in [7, 11) is 0.